The highest BCUT2D eigenvalue weighted by atomic mass is 35.5. The molecule has 0 spiro atoms. The molecule has 3 rings (SSSR count). The summed E-state index contributed by atoms with van der Waals surface area (Å²) in [5.74, 6) is 0.122. The Bertz CT molecular complexity index is 549. The van der Waals surface area contributed by atoms with Crippen LogP contribution in [0.15, 0.2) is 39.8 Å². The molecule has 0 saturated carbocycles. The zero-order chi connectivity index (χ0) is 11.8. The number of hydrogen-bond acceptors (Lipinski definition) is 5. The van der Waals surface area contributed by atoms with Crippen molar-refractivity contribution in [3.63, 3.8) is 0 Å². The molecule has 2 aliphatic heterocycles. The standard InChI is InChI=1S/C11H10N4OS.ClH/c12-11-13-9-8(10(16)14-11)3-4-15(9)6-7-2-1-5-17-7;/h1-5,8H,6H2,(H2,12,14,16);1H. The normalized spacial score (nSPS) is 21.2. The van der Waals surface area contributed by atoms with Crippen LogP contribution in [0.3, 0.4) is 0 Å². The maximum Gasteiger partial charge on any atom is 0.263 e. The zero-order valence-corrected chi connectivity index (χ0v) is 10.9. The van der Waals surface area contributed by atoms with Gasteiger partial charge in [0.05, 0.1) is 6.54 Å². The predicted octanol–water partition coefficient (Wildman–Crippen LogP) is 1.37. The third-order valence-corrected chi connectivity index (χ3v) is 3.52. The average molecular weight is 283 g/mol. The van der Waals surface area contributed by atoms with Gasteiger partial charge in [-0.25, -0.2) is 0 Å². The Kier molecular flexibility index (Phi) is 3.49. The van der Waals surface area contributed by atoms with Crippen molar-refractivity contribution in [2.75, 3.05) is 0 Å². The van der Waals surface area contributed by atoms with E-state index in [-0.39, 0.29) is 30.2 Å². The van der Waals surface area contributed by atoms with Crippen molar-refractivity contribution >= 4 is 41.4 Å². The minimum atomic E-state index is -0.359. The molecule has 0 radical (unpaired) electrons. The quantitative estimate of drug-likeness (QED) is 0.890. The Morgan fingerprint density at radius 2 is 2.28 bits per heavy atom. The summed E-state index contributed by atoms with van der Waals surface area (Å²) in [6.07, 6.45) is 3.68. The Labute approximate surface area is 114 Å². The fraction of sp³-hybridized carbons (Fsp3) is 0.182. The first-order valence-electron chi connectivity index (χ1n) is 5.18. The maximum atomic E-state index is 11.6. The molecule has 2 N–H and O–H groups in total. The van der Waals surface area contributed by atoms with E-state index < -0.39 is 0 Å². The minimum Gasteiger partial charge on any atom is -0.368 e. The zero-order valence-electron chi connectivity index (χ0n) is 9.31. The maximum absolute atomic E-state index is 11.6. The van der Waals surface area contributed by atoms with Crippen LogP contribution in [0, 0.1) is 5.92 Å². The van der Waals surface area contributed by atoms with Crippen LogP contribution in [0.4, 0.5) is 0 Å². The molecule has 0 bridgehead atoms. The Morgan fingerprint density at radius 1 is 1.44 bits per heavy atom. The third kappa shape index (κ3) is 2.16. The number of carbonyl (C=O) groups is 1. The lowest BCUT2D eigenvalue weighted by Gasteiger charge is -2.20. The highest BCUT2D eigenvalue weighted by molar-refractivity contribution is 7.09. The molecule has 0 aliphatic carbocycles. The summed E-state index contributed by atoms with van der Waals surface area (Å²) in [5, 5.41) is 2.02. The summed E-state index contributed by atoms with van der Waals surface area (Å²) in [7, 11) is 0. The Morgan fingerprint density at radius 3 is 3.00 bits per heavy atom. The fourth-order valence-corrected chi connectivity index (χ4v) is 2.59. The Hall–Kier alpha value is -1.66. The second-order valence-electron chi connectivity index (χ2n) is 3.80. The second kappa shape index (κ2) is 4.91. The van der Waals surface area contributed by atoms with Gasteiger partial charge in [0, 0.05) is 11.1 Å². The number of nitrogens with two attached hydrogens (primary N) is 1. The predicted molar refractivity (Wildman–Crippen MR) is 73.8 cm³/mol. The number of thiophene rings is 1. The second-order valence-corrected chi connectivity index (χ2v) is 4.84. The molecule has 0 saturated heterocycles. The van der Waals surface area contributed by atoms with Crippen LogP contribution in [0.2, 0.25) is 0 Å². The fourth-order valence-electron chi connectivity index (χ4n) is 1.89. The SMILES string of the molecule is Cl.NC1=NC(=O)C2C=CN(Cc3cccs3)C2=N1. The first-order valence-corrected chi connectivity index (χ1v) is 6.06. The van der Waals surface area contributed by atoms with Gasteiger partial charge in [-0.05, 0) is 17.5 Å². The van der Waals surface area contributed by atoms with Crippen LogP contribution in [-0.4, -0.2) is 22.6 Å². The summed E-state index contributed by atoms with van der Waals surface area (Å²) in [4.78, 5) is 22.6. The summed E-state index contributed by atoms with van der Waals surface area (Å²) in [6.45, 7) is 0.712. The number of fused-ring (bicyclic) bond motifs is 1. The molecule has 1 atom stereocenters. The van der Waals surface area contributed by atoms with E-state index in [0.29, 0.717) is 12.4 Å². The number of carbonyl (C=O) groups excluding carboxylic acids is 1. The van der Waals surface area contributed by atoms with Gasteiger partial charge in [0.2, 0.25) is 5.96 Å². The number of rotatable bonds is 2. The molecule has 5 nitrogen and oxygen atoms in total. The molecule has 94 valence electrons. The lowest BCUT2D eigenvalue weighted by Crippen LogP contribution is -2.35. The number of amides is 1. The largest absolute Gasteiger partial charge is 0.368 e. The van der Waals surface area contributed by atoms with Crippen LogP contribution in [-0.2, 0) is 11.3 Å². The summed E-state index contributed by atoms with van der Waals surface area (Å²) in [6, 6.07) is 4.05. The van der Waals surface area contributed by atoms with Gasteiger partial charge in [-0.1, -0.05) is 6.07 Å². The van der Waals surface area contributed by atoms with Crippen molar-refractivity contribution < 1.29 is 4.79 Å². The van der Waals surface area contributed by atoms with Crippen molar-refractivity contribution in [3.8, 4) is 0 Å². The summed E-state index contributed by atoms with van der Waals surface area (Å²) in [5.41, 5.74) is 5.51. The van der Waals surface area contributed by atoms with E-state index in [1.807, 2.05) is 28.6 Å². The number of nitrogens with zero attached hydrogens (tertiary/aromatic N) is 3. The minimum absolute atomic E-state index is 0. The first kappa shape index (κ1) is 12.8. The van der Waals surface area contributed by atoms with E-state index in [0.717, 1.165) is 0 Å². The van der Waals surface area contributed by atoms with E-state index in [1.54, 1.807) is 11.3 Å². The number of aliphatic imine (C=N–C) groups is 2. The number of amidine groups is 1. The molecule has 1 aromatic rings. The summed E-state index contributed by atoms with van der Waals surface area (Å²) >= 11 is 1.67. The van der Waals surface area contributed by atoms with Crippen LogP contribution in [0.25, 0.3) is 0 Å². The topological polar surface area (TPSA) is 71.0 Å². The molecular formula is C11H11ClN4OS. The lowest BCUT2D eigenvalue weighted by molar-refractivity contribution is -0.118. The van der Waals surface area contributed by atoms with E-state index in [2.05, 4.69) is 16.1 Å². The number of hydrogen-bond donors (Lipinski definition) is 1. The smallest absolute Gasteiger partial charge is 0.263 e. The lowest BCUT2D eigenvalue weighted by atomic mass is 10.1. The van der Waals surface area contributed by atoms with Gasteiger partial charge in [-0.3, -0.25) is 4.79 Å². The molecule has 1 aromatic heterocycles. The molecule has 1 unspecified atom stereocenters. The molecule has 3 heterocycles. The van der Waals surface area contributed by atoms with E-state index in [1.165, 1.54) is 4.88 Å². The molecule has 18 heavy (non-hydrogen) atoms. The van der Waals surface area contributed by atoms with Crippen molar-refractivity contribution in [1.29, 1.82) is 0 Å². The van der Waals surface area contributed by atoms with E-state index >= 15 is 0 Å². The highest BCUT2D eigenvalue weighted by Crippen LogP contribution is 2.23. The average Bonchev–Trinajstić information content (AvgIpc) is 2.89. The van der Waals surface area contributed by atoms with Gasteiger partial charge in [-0.2, -0.15) is 9.98 Å². The monoisotopic (exact) mass is 282 g/mol. The molecule has 0 fully saturated rings. The van der Waals surface area contributed by atoms with Crippen molar-refractivity contribution in [3.05, 3.63) is 34.7 Å². The number of halogens is 1. The third-order valence-electron chi connectivity index (χ3n) is 2.66. The van der Waals surface area contributed by atoms with Gasteiger partial charge in [0.25, 0.3) is 5.91 Å². The summed E-state index contributed by atoms with van der Waals surface area (Å²) < 4.78 is 0. The molecule has 2 aliphatic rings. The van der Waals surface area contributed by atoms with Crippen LogP contribution in [0.5, 0.6) is 0 Å². The van der Waals surface area contributed by atoms with Gasteiger partial charge >= 0.3 is 0 Å². The van der Waals surface area contributed by atoms with Crippen LogP contribution in [0.1, 0.15) is 4.88 Å². The molecule has 0 aromatic carbocycles. The van der Waals surface area contributed by atoms with E-state index in [4.69, 9.17) is 5.73 Å². The van der Waals surface area contributed by atoms with Crippen molar-refractivity contribution in [1.82, 2.24) is 4.90 Å². The van der Waals surface area contributed by atoms with Crippen molar-refractivity contribution in [2.24, 2.45) is 21.6 Å². The molecule has 1 amide bonds. The molecular weight excluding hydrogens is 272 g/mol. The van der Waals surface area contributed by atoms with Gasteiger partial charge < -0.3 is 10.6 Å². The van der Waals surface area contributed by atoms with E-state index in [9.17, 15) is 4.79 Å². The first-order chi connectivity index (χ1) is 8.24. The Balaban J connectivity index is 0.00000120. The van der Waals surface area contributed by atoms with Crippen LogP contribution < -0.4 is 5.73 Å². The van der Waals surface area contributed by atoms with Gasteiger partial charge in [-0.15, -0.1) is 23.7 Å². The molecule has 7 heteroatoms. The number of guanidine groups is 1. The van der Waals surface area contributed by atoms with Crippen molar-refractivity contribution in [2.45, 2.75) is 6.54 Å². The van der Waals surface area contributed by atoms with Gasteiger partial charge in [0.1, 0.15) is 11.8 Å². The van der Waals surface area contributed by atoms with Gasteiger partial charge in [0.15, 0.2) is 0 Å². The van der Waals surface area contributed by atoms with Crippen LogP contribution >= 0.6 is 23.7 Å². The highest BCUT2D eigenvalue weighted by Gasteiger charge is 2.33.